The Hall–Kier alpha value is -3.80. The number of carbonyl (C=O) groups is 1. The lowest BCUT2D eigenvalue weighted by atomic mass is 10.1. The fourth-order valence-corrected chi connectivity index (χ4v) is 3.06. The van der Waals surface area contributed by atoms with Crippen molar-refractivity contribution in [3.8, 4) is 17.0 Å². The van der Waals surface area contributed by atoms with Crippen LogP contribution in [0.2, 0.25) is 0 Å². The second kappa shape index (κ2) is 8.29. The summed E-state index contributed by atoms with van der Waals surface area (Å²) in [5.41, 5.74) is 4.55. The number of amides is 1. The number of carbonyl (C=O) groups excluding carboxylic acids is 1. The number of hydrogen-bond donors (Lipinski definition) is 1. The maximum Gasteiger partial charge on any atom is 0.265 e. The number of rotatable bonds is 5. The summed E-state index contributed by atoms with van der Waals surface area (Å²) in [6.45, 7) is 3.40. The van der Waals surface area contributed by atoms with Crippen LogP contribution in [0.15, 0.2) is 72.9 Å². The van der Waals surface area contributed by atoms with Gasteiger partial charge in [-0.3, -0.25) is 9.78 Å². The molecule has 30 heavy (non-hydrogen) atoms. The third-order valence-corrected chi connectivity index (χ3v) is 4.73. The van der Waals surface area contributed by atoms with Crippen LogP contribution in [-0.2, 0) is 4.79 Å². The van der Waals surface area contributed by atoms with Crippen LogP contribution in [0, 0.1) is 12.7 Å². The van der Waals surface area contributed by atoms with E-state index in [0.29, 0.717) is 17.0 Å². The minimum atomic E-state index is -0.722. The van der Waals surface area contributed by atoms with Gasteiger partial charge in [0.2, 0.25) is 0 Å². The second-order valence-electron chi connectivity index (χ2n) is 6.98. The summed E-state index contributed by atoms with van der Waals surface area (Å²) in [6, 6.07) is 19.3. The van der Waals surface area contributed by atoms with Gasteiger partial charge in [-0.1, -0.05) is 12.1 Å². The van der Waals surface area contributed by atoms with Gasteiger partial charge in [0.15, 0.2) is 6.10 Å². The molecule has 1 N–H and O–H groups in total. The van der Waals surface area contributed by atoms with Gasteiger partial charge in [-0.2, -0.15) is 0 Å². The minimum absolute atomic E-state index is 0.311. The van der Waals surface area contributed by atoms with Crippen LogP contribution in [0.4, 0.5) is 10.1 Å². The van der Waals surface area contributed by atoms with Crippen LogP contribution in [-0.4, -0.2) is 22.0 Å². The molecule has 0 aliphatic carbocycles. The fraction of sp³-hybridized carbons (Fsp3) is 0.125. The average Bonchev–Trinajstić information content (AvgIpc) is 2.76. The molecular formula is C24H20FN3O2. The molecular weight excluding hydrogens is 381 g/mol. The van der Waals surface area contributed by atoms with E-state index in [1.807, 2.05) is 36.4 Å². The van der Waals surface area contributed by atoms with Gasteiger partial charge >= 0.3 is 0 Å². The topological polar surface area (TPSA) is 64.1 Å². The Morgan fingerprint density at radius 3 is 2.50 bits per heavy atom. The van der Waals surface area contributed by atoms with Crippen molar-refractivity contribution in [2.45, 2.75) is 20.0 Å². The van der Waals surface area contributed by atoms with Crippen LogP contribution < -0.4 is 10.1 Å². The Labute approximate surface area is 173 Å². The zero-order chi connectivity index (χ0) is 21.1. The van der Waals surface area contributed by atoms with Crippen molar-refractivity contribution < 1.29 is 13.9 Å². The largest absolute Gasteiger partial charge is 0.481 e. The predicted octanol–water partition coefficient (Wildman–Crippen LogP) is 5.15. The first-order valence-electron chi connectivity index (χ1n) is 9.55. The SMILES string of the molecule is Cc1cc(F)ccc1NC(=O)[C@H](C)Oc1ccc(-c2cnc3ccccc3n2)cc1. The molecule has 0 spiro atoms. The van der Waals surface area contributed by atoms with E-state index in [2.05, 4.69) is 15.3 Å². The highest BCUT2D eigenvalue weighted by atomic mass is 19.1. The van der Waals surface area contributed by atoms with Crippen molar-refractivity contribution in [1.82, 2.24) is 9.97 Å². The highest BCUT2D eigenvalue weighted by Gasteiger charge is 2.16. The highest BCUT2D eigenvalue weighted by Crippen LogP contribution is 2.23. The molecule has 4 aromatic rings. The highest BCUT2D eigenvalue weighted by molar-refractivity contribution is 5.94. The Kier molecular flexibility index (Phi) is 5.39. The van der Waals surface area contributed by atoms with Gasteiger partial charge in [0, 0.05) is 11.3 Å². The Balaban J connectivity index is 1.43. The Morgan fingerprint density at radius 2 is 1.77 bits per heavy atom. The molecule has 0 aliphatic heterocycles. The van der Waals surface area contributed by atoms with Crippen LogP contribution in [0.3, 0.4) is 0 Å². The van der Waals surface area contributed by atoms with E-state index in [4.69, 9.17) is 4.74 Å². The number of aryl methyl sites for hydroxylation is 1. The van der Waals surface area contributed by atoms with E-state index >= 15 is 0 Å². The van der Waals surface area contributed by atoms with Gasteiger partial charge in [-0.15, -0.1) is 0 Å². The lowest BCUT2D eigenvalue weighted by Crippen LogP contribution is -2.30. The maximum atomic E-state index is 13.2. The summed E-state index contributed by atoms with van der Waals surface area (Å²) in [6.07, 6.45) is 1.01. The summed E-state index contributed by atoms with van der Waals surface area (Å²) in [5.74, 6) is -0.0915. The molecule has 4 rings (SSSR count). The lowest BCUT2D eigenvalue weighted by molar-refractivity contribution is -0.122. The number of nitrogens with one attached hydrogen (secondary N) is 1. The number of halogens is 1. The van der Waals surface area contributed by atoms with Gasteiger partial charge in [-0.25, -0.2) is 9.37 Å². The van der Waals surface area contributed by atoms with Crippen LogP contribution in [0.25, 0.3) is 22.3 Å². The molecule has 1 aromatic heterocycles. The molecule has 1 heterocycles. The molecule has 0 fully saturated rings. The fourth-order valence-electron chi connectivity index (χ4n) is 3.06. The van der Waals surface area contributed by atoms with Crippen molar-refractivity contribution in [3.05, 3.63) is 84.3 Å². The van der Waals surface area contributed by atoms with Crippen LogP contribution in [0.1, 0.15) is 12.5 Å². The standard InChI is InChI=1S/C24H20FN3O2/c1-15-13-18(25)9-12-20(15)28-24(29)16(2)30-19-10-7-17(8-11-19)23-14-26-21-5-3-4-6-22(21)27-23/h3-14,16H,1-2H3,(H,28,29)/t16-/m0/s1. The zero-order valence-corrected chi connectivity index (χ0v) is 16.6. The monoisotopic (exact) mass is 401 g/mol. The van der Waals surface area contributed by atoms with Crippen molar-refractivity contribution in [1.29, 1.82) is 0 Å². The first kappa shape index (κ1) is 19.5. The molecule has 0 bridgehead atoms. The second-order valence-corrected chi connectivity index (χ2v) is 6.98. The Bertz CT molecular complexity index is 1210. The average molecular weight is 401 g/mol. The maximum absolute atomic E-state index is 13.2. The van der Waals surface area contributed by atoms with Crippen molar-refractivity contribution in [2.24, 2.45) is 0 Å². The van der Waals surface area contributed by atoms with Crippen LogP contribution in [0.5, 0.6) is 5.75 Å². The van der Waals surface area contributed by atoms with E-state index in [1.165, 1.54) is 18.2 Å². The predicted molar refractivity (Wildman–Crippen MR) is 115 cm³/mol. The molecule has 5 nitrogen and oxygen atoms in total. The number of aromatic nitrogens is 2. The summed E-state index contributed by atoms with van der Waals surface area (Å²) >= 11 is 0. The summed E-state index contributed by atoms with van der Waals surface area (Å²) in [7, 11) is 0. The van der Waals surface area contributed by atoms with Gasteiger partial charge < -0.3 is 10.1 Å². The molecule has 0 radical (unpaired) electrons. The molecule has 1 atom stereocenters. The van der Waals surface area contributed by atoms with E-state index < -0.39 is 6.10 Å². The minimum Gasteiger partial charge on any atom is -0.481 e. The molecule has 0 aliphatic rings. The first-order valence-corrected chi connectivity index (χ1v) is 9.55. The van der Waals surface area contributed by atoms with E-state index in [1.54, 1.807) is 32.2 Å². The molecule has 150 valence electrons. The third-order valence-electron chi connectivity index (χ3n) is 4.73. The molecule has 3 aromatic carbocycles. The number of ether oxygens (including phenoxy) is 1. The zero-order valence-electron chi connectivity index (χ0n) is 16.6. The van der Waals surface area contributed by atoms with Crippen molar-refractivity contribution in [3.63, 3.8) is 0 Å². The quantitative estimate of drug-likeness (QED) is 0.502. The lowest BCUT2D eigenvalue weighted by Gasteiger charge is -2.16. The number of benzene rings is 3. The Morgan fingerprint density at radius 1 is 1.03 bits per heavy atom. The third kappa shape index (κ3) is 4.27. The smallest absolute Gasteiger partial charge is 0.265 e. The number of hydrogen-bond acceptors (Lipinski definition) is 4. The summed E-state index contributed by atoms with van der Waals surface area (Å²) < 4.78 is 19.0. The van der Waals surface area contributed by atoms with E-state index in [-0.39, 0.29) is 11.7 Å². The van der Waals surface area contributed by atoms with Gasteiger partial charge in [0.1, 0.15) is 11.6 Å². The molecule has 0 unspecified atom stereocenters. The summed E-state index contributed by atoms with van der Waals surface area (Å²) in [5, 5.41) is 2.76. The normalized spacial score (nSPS) is 11.8. The van der Waals surface area contributed by atoms with E-state index in [9.17, 15) is 9.18 Å². The molecule has 0 saturated heterocycles. The van der Waals surface area contributed by atoms with Crippen molar-refractivity contribution in [2.75, 3.05) is 5.32 Å². The first-order chi connectivity index (χ1) is 14.5. The molecule has 1 amide bonds. The van der Waals surface area contributed by atoms with E-state index in [0.717, 1.165) is 22.3 Å². The van der Waals surface area contributed by atoms with Crippen molar-refractivity contribution >= 4 is 22.6 Å². The number of anilines is 1. The van der Waals surface area contributed by atoms with Gasteiger partial charge in [0.25, 0.3) is 5.91 Å². The number of nitrogens with zero attached hydrogens (tertiary/aromatic N) is 2. The van der Waals surface area contributed by atoms with Gasteiger partial charge in [0.05, 0.1) is 22.9 Å². The number of fused-ring (bicyclic) bond motifs is 1. The number of para-hydroxylation sites is 2. The molecule has 6 heteroatoms. The molecule has 0 saturated carbocycles. The van der Waals surface area contributed by atoms with Crippen LogP contribution >= 0.6 is 0 Å². The van der Waals surface area contributed by atoms with Gasteiger partial charge in [-0.05, 0) is 74.0 Å². The summed E-state index contributed by atoms with van der Waals surface area (Å²) in [4.78, 5) is 21.5.